The number of thiazole rings is 1. The van der Waals surface area contributed by atoms with E-state index in [0.717, 1.165) is 6.04 Å². The van der Waals surface area contributed by atoms with Crippen LogP contribution in [0.3, 0.4) is 0 Å². The summed E-state index contributed by atoms with van der Waals surface area (Å²) in [5.74, 6) is 0. The number of rotatable bonds is 4. The number of nitrogens with zero attached hydrogens (tertiary/aromatic N) is 2. The third-order valence-electron chi connectivity index (χ3n) is 3.98. The van der Waals surface area contributed by atoms with Crippen molar-refractivity contribution < 1.29 is 0 Å². The van der Waals surface area contributed by atoms with Gasteiger partial charge >= 0.3 is 0 Å². The molecular formula is C13H21N3S. The van der Waals surface area contributed by atoms with Gasteiger partial charge in [-0.1, -0.05) is 0 Å². The van der Waals surface area contributed by atoms with Gasteiger partial charge in [0, 0.05) is 36.8 Å². The first kappa shape index (κ1) is 11.6. The molecule has 1 saturated heterocycles. The van der Waals surface area contributed by atoms with Crippen molar-refractivity contribution in [1.29, 1.82) is 0 Å². The van der Waals surface area contributed by atoms with E-state index in [2.05, 4.69) is 34.4 Å². The molecule has 1 aromatic rings. The molecule has 1 aliphatic heterocycles. The van der Waals surface area contributed by atoms with Gasteiger partial charge in [-0.25, -0.2) is 4.98 Å². The summed E-state index contributed by atoms with van der Waals surface area (Å²) in [6.45, 7) is 6.96. The Bertz CT molecular complexity index is 370. The standard InChI is InChI=1S/C13H21N3S/c1-13(2,12-14-6-8-17-12)16-7-5-11(9-16)15-10-3-4-10/h6,8,10-11,15H,3-5,7,9H2,1-2H3. The summed E-state index contributed by atoms with van der Waals surface area (Å²) < 4.78 is 0. The van der Waals surface area contributed by atoms with E-state index >= 15 is 0 Å². The quantitative estimate of drug-likeness (QED) is 0.889. The fourth-order valence-corrected chi connectivity index (χ4v) is 3.44. The summed E-state index contributed by atoms with van der Waals surface area (Å²) in [7, 11) is 0. The maximum Gasteiger partial charge on any atom is 0.112 e. The van der Waals surface area contributed by atoms with E-state index in [1.807, 2.05) is 6.20 Å². The second-order valence-corrected chi connectivity index (χ2v) is 6.66. The van der Waals surface area contributed by atoms with E-state index in [9.17, 15) is 0 Å². The average Bonchev–Trinajstić information content (AvgIpc) is 2.83. The van der Waals surface area contributed by atoms with Crippen LogP contribution in [0.15, 0.2) is 11.6 Å². The lowest BCUT2D eigenvalue weighted by Crippen LogP contribution is -2.42. The van der Waals surface area contributed by atoms with Gasteiger partial charge < -0.3 is 5.32 Å². The fraction of sp³-hybridized carbons (Fsp3) is 0.769. The Morgan fingerprint density at radius 1 is 1.35 bits per heavy atom. The molecule has 2 aliphatic rings. The van der Waals surface area contributed by atoms with E-state index in [1.54, 1.807) is 11.3 Å². The smallest absolute Gasteiger partial charge is 0.112 e. The molecule has 0 radical (unpaired) electrons. The Morgan fingerprint density at radius 2 is 2.18 bits per heavy atom. The third kappa shape index (κ3) is 2.39. The van der Waals surface area contributed by atoms with Crippen molar-refractivity contribution in [3.8, 4) is 0 Å². The van der Waals surface area contributed by atoms with Gasteiger partial charge in [0.1, 0.15) is 5.01 Å². The maximum absolute atomic E-state index is 4.49. The van der Waals surface area contributed by atoms with E-state index in [-0.39, 0.29) is 5.54 Å². The summed E-state index contributed by atoms with van der Waals surface area (Å²) in [6, 6.07) is 1.52. The van der Waals surface area contributed by atoms with Crippen LogP contribution >= 0.6 is 11.3 Å². The zero-order valence-corrected chi connectivity index (χ0v) is 11.5. The van der Waals surface area contributed by atoms with Gasteiger partial charge in [0.25, 0.3) is 0 Å². The van der Waals surface area contributed by atoms with Crippen LogP contribution in [0.2, 0.25) is 0 Å². The van der Waals surface area contributed by atoms with Crippen LogP contribution in [-0.2, 0) is 5.54 Å². The van der Waals surface area contributed by atoms with Crippen molar-refractivity contribution in [1.82, 2.24) is 15.2 Å². The molecule has 0 amide bonds. The highest BCUT2D eigenvalue weighted by molar-refractivity contribution is 7.09. The highest BCUT2D eigenvalue weighted by Crippen LogP contribution is 2.33. The molecular weight excluding hydrogens is 230 g/mol. The van der Waals surface area contributed by atoms with E-state index in [1.165, 1.54) is 37.4 Å². The Morgan fingerprint density at radius 3 is 2.82 bits per heavy atom. The van der Waals surface area contributed by atoms with Crippen molar-refractivity contribution in [3.05, 3.63) is 16.6 Å². The number of nitrogens with one attached hydrogen (secondary N) is 1. The Kier molecular flexibility index (Phi) is 2.97. The monoisotopic (exact) mass is 251 g/mol. The predicted octanol–water partition coefficient (Wildman–Crippen LogP) is 2.20. The molecule has 94 valence electrons. The first-order valence-corrected chi connectivity index (χ1v) is 7.45. The van der Waals surface area contributed by atoms with Gasteiger partial charge in [-0.15, -0.1) is 11.3 Å². The third-order valence-corrected chi connectivity index (χ3v) is 5.07. The molecule has 3 rings (SSSR count). The minimum absolute atomic E-state index is 0.0914. The van der Waals surface area contributed by atoms with Crippen LogP contribution < -0.4 is 5.32 Å². The van der Waals surface area contributed by atoms with Crippen LogP contribution in [0.25, 0.3) is 0 Å². The van der Waals surface area contributed by atoms with Gasteiger partial charge in [0.05, 0.1) is 5.54 Å². The van der Waals surface area contributed by atoms with Crippen molar-refractivity contribution in [2.24, 2.45) is 0 Å². The number of likely N-dealkylation sites (tertiary alicyclic amines) is 1. The van der Waals surface area contributed by atoms with Gasteiger partial charge in [0.2, 0.25) is 0 Å². The molecule has 1 N–H and O–H groups in total. The topological polar surface area (TPSA) is 28.2 Å². The molecule has 1 saturated carbocycles. The molecule has 1 unspecified atom stereocenters. The second kappa shape index (κ2) is 4.34. The van der Waals surface area contributed by atoms with Crippen LogP contribution in [0.5, 0.6) is 0 Å². The van der Waals surface area contributed by atoms with E-state index < -0.39 is 0 Å². The lowest BCUT2D eigenvalue weighted by Gasteiger charge is -2.33. The molecule has 2 heterocycles. The highest BCUT2D eigenvalue weighted by Gasteiger charge is 2.37. The average molecular weight is 251 g/mol. The summed E-state index contributed by atoms with van der Waals surface area (Å²) in [5, 5.41) is 7.06. The van der Waals surface area contributed by atoms with Gasteiger partial charge in [0.15, 0.2) is 0 Å². The minimum atomic E-state index is 0.0914. The first-order chi connectivity index (χ1) is 8.16. The zero-order valence-electron chi connectivity index (χ0n) is 10.6. The van der Waals surface area contributed by atoms with Crippen LogP contribution in [0.1, 0.15) is 38.1 Å². The van der Waals surface area contributed by atoms with Crippen LogP contribution in [0.4, 0.5) is 0 Å². The Labute approximate surface area is 107 Å². The van der Waals surface area contributed by atoms with Crippen molar-refractivity contribution in [2.75, 3.05) is 13.1 Å². The van der Waals surface area contributed by atoms with Crippen molar-refractivity contribution >= 4 is 11.3 Å². The molecule has 1 aliphatic carbocycles. The molecule has 0 spiro atoms. The largest absolute Gasteiger partial charge is 0.310 e. The van der Waals surface area contributed by atoms with E-state index in [0.29, 0.717) is 6.04 Å². The predicted molar refractivity (Wildman–Crippen MR) is 71.3 cm³/mol. The van der Waals surface area contributed by atoms with Gasteiger partial charge in [-0.2, -0.15) is 0 Å². The van der Waals surface area contributed by atoms with Gasteiger partial charge in [-0.05, 0) is 33.1 Å². The van der Waals surface area contributed by atoms with E-state index in [4.69, 9.17) is 0 Å². The number of hydrogen-bond donors (Lipinski definition) is 1. The number of hydrogen-bond acceptors (Lipinski definition) is 4. The van der Waals surface area contributed by atoms with Crippen LogP contribution in [-0.4, -0.2) is 35.1 Å². The molecule has 3 nitrogen and oxygen atoms in total. The Balaban J connectivity index is 1.64. The SMILES string of the molecule is CC(C)(c1nccs1)N1CCC(NC2CC2)C1. The second-order valence-electron chi connectivity index (χ2n) is 5.77. The summed E-state index contributed by atoms with van der Waals surface area (Å²) in [5.41, 5.74) is 0.0914. The molecule has 17 heavy (non-hydrogen) atoms. The normalized spacial score (nSPS) is 26.6. The molecule has 2 fully saturated rings. The summed E-state index contributed by atoms with van der Waals surface area (Å²) in [4.78, 5) is 7.06. The molecule has 1 atom stereocenters. The first-order valence-electron chi connectivity index (χ1n) is 6.57. The summed E-state index contributed by atoms with van der Waals surface area (Å²) in [6.07, 6.45) is 5.96. The minimum Gasteiger partial charge on any atom is -0.310 e. The summed E-state index contributed by atoms with van der Waals surface area (Å²) >= 11 is 1.77. The number of aromatic nitrogens is 1. The fourth-order valence-electron chi connectivity index (χ4n) is 2.65. The maximum atomic E-state index is 4.49. The molecule has 0 aromatic carbocycles. The highest BCUT2D eigenvalue weighted by atomic mass is 32.1. The molecule has 0 bridgehead atoms. The molecule has 1 aromatic heterocycles. The van der Waals surface area contributed by atoms with Crippen molar-refractivity contribution in [2.45, 2.75) is 50.7 Å². The Hall–Kier alpha value is -0.450. The lowest BCUT2D eigenvalue weighted by atomic mass is 10.1. The molecule has 4 heteroatoms. The van der Waals surface area contributed by atoms with Crippen molar-refractivity contribution in [3.63, 3.8) is 0 Å². The zero-order chi connectivity index (χ0) is 11.9. The van der Waals surface area contributed by atoms with Crippen LogP contribution in [0, 0.1) is 0 Å². The lowest BCUT2D eigenvalue weighted by molar-refractivity contribution is 0.151. The van der Waals surface area contributed by atoms with Gasteiger partial charge in [-0.3, -0.25) is 4.90 Å².